The van der Waals surface area contributed by atoms with Gasteiger partial charge in [0.2, 0.25) is 0 Å². The van der Waals surface area contributed by atoms with Gasteiger partial charge in [-0.05, 0) is 6.42 Å². The first-order valence-corrected chi connectivity index (χ1v) is 14.3. The van der Waals surface area contributed by atoms with Crippen molar-refractivity contribution in [1.29, 1.82) is 0 Å². The van der Waals surface area contributed by atoms with Crippen LogP contribution in [-0.2, 0) is 4.74 Å². The normalized spacial score (nSPS) is 13.5. The van der Waals surface area contributed by atoms with Crippen molar-refractivity contribution in [3.8, 4) is 0 Å². The van der Waals surface area contributed by atoms with E-state index in [1.165, 1.54) is 83.5 Å². The van der Waals surface area contributed by atoms with Gasteiger partial charge < -0.3 is 35.4 Å². The highest BCUT2D eigenvalue weighted by Crippen LogP contribution is 2.27. The molecule has 0 aliphatic heterocycles. The van der Waals surface area contributed by atoms with Crippen molar-refractivity contribution < 1.29 is 35.4 Å². The fourth-order valence-electron chi connectivity index (χ4n) is 4.40. The van der Waals surface area contributed by atoms with Crippen LogP contribution in [0.25, 0.3) is 0 Å². The van der Waals surface area contributed by atoms with Crippen LogP contribution in [0.3, 0.4) is 0 Å². The molecule has 7 nitrogen and oxygen atoms in total. The molecule has 0 aliphatic rings. The van der Waals surface area contributed by atoms with Gasteiger partial charge in [0.25, 0.3) is 0 Å². The SMILES string of the molecule is CCCCCCCCCCCCCCCCCCC(O)C(CO)(CO)COCC(CO)(CO)CO. The highest BCUT2D eigenvalue weighted by atomic mass is 16.5. The predicted octanol–water partition coefficient (Wildman–Crippen LogP) is 3.95. The Morgan fingerprint density at radius 2 is 0.886 bits per heavy atom. The molecule has 0 heterocycles. The maximum absolute atomic E-state index is 10.6. The minimum Gasteiger partial charge on any atom is -0.396 e. The molecule has 0 amide bonds. The summed E-state index contributed by atoms with van der Waals surface area (Å²) in [5.74, 6) is 0. The molecule has 0 radical (unpaired) electrons. The van der Waals surface area contributed by atoms with Gasteiger partial charge in [0.1, 0.15) is 0 Å². The Hall–Kier alpha value is -0.280. The Kier molecular flexibility index (Phi) is 22.7. The molecule has 0 fully saturated rings. The highest BCUT2D eigenvalue weighted by Gasteiger charge is 2.38. The van der Waals surface area contributed by atoms with E-state index < -0.39 is 50.0 Å². The van der Waals surface area contributed by atoms with Crippen molar-refractivity contribution in [2.24, 2.45) is 10.8 Å². The quantitative estimate of drug-likeness (QED) is 0.0930. The number of ether oxygens (including phenoxy) is 1. The van der Waals surface area contributed by atoms with E-state index in [-0.39, 0.29) is 13.2 Å². The standard InChI is InChI=1S/C28H58O7/c1-2-3-4-5-6-7-8-9-10-11-12-13-14-15-16-17-18-26(34)28(22-32,23-33)25-35-24-27(19-29,20-30)21-31/h26,29-34H,2-25H2,1H3. The number of aliphatic hydroxyl groups excluding tert-OH is 6. The van der Waals surface area contributed by atoms with Crippen LogP contribution in [0.4, 0.5) is 0 Å². The van der Waals surface area contributed by atoms with E-state index in [4.69, 9.17) is 4.74 Å². The molecular weight excluding hydrogens is 448 g/mol. The molecule has 0 saturated heterocycles. The van der Waals surface area contributed by atoms with Crippen molar-refractivity contribution in [3.05, 3.63) is 0 Å². The molecule has 0 aromatic carbocycles. The molecule has 212 valence electrons. The third-order valence-corrected chi connectivity index (χ3v) is 7.47. The zero-order valence-corrected chi connectivity index (χ0v) is 22.6. The lowest BCUT2D eigenvalue weighted by Gasteiger charge is -2.36. The van der Waals surface area contributed by atoms with E-state index in [0.717, 1.165) is 19.3 Å². The smallest absolute Gasteiger partial charge is 0.0662 e. The Labute approximate surface area is 214 Å². The number of aliphatic hydroxyl groups is 6. The lowest BCUT2D eigenvalue weighted by Crippen LogP contribution is -2.47. The van der Waals surface area contributed by atoms with Crippen LogP contribution < -0.4 is 0 Å². The predicted molar refractivity (Wildman–Crippen MR) is 141 cm³/mol. The molecule has 35 heavy (non-hydrogen) atoms. The fourth-order valence-corrected chi connectivity index (χ4v) is 4.40. The van der Waals surface area contributed by atoms with Gasteiger partial charge in [-0.3, -0.25) is 0 Å². The van der Waals surface area contributed by atoms with Crippen molar-refractivity contribution in [1.82, 2.24) is 0 Å². The van der Waals surface area contributed by atoms with Crippen molar-refractivity contribution in [2.45, 2.75) is 122 Å². The van der Waals surface area contributed by atoms with Gasteiger partial charge >= 0.3 is 0 Å². The zero-order chi connectivity index (χ0) is 26.3. The molecule has 0 aliphatic carbocycles. The van der Waals surface area contributed by atoms with E-state index in [0.29, 0.717) is 6.42 Å². The molecule has 1 atom stereocenters. The molecule has 0 aromatic heterocycles. The summed E-state index contributed by atoms with van der Waals surface area (Å²) in [5, 5.41) is 58.5. The lowest BCUT2D eigenvalue weighted by molar-refractivity contribution is -0.128. The summed E-state index contributed by atoms with van der Waals surface area (Å²) in [5.41, 5.74) is -2.39. The summed E-state index contributed by atoms with van der Waals surface area (Å²) in [4.78, 5) is 0. The van der Waals surface area contributed by atoms with E-state index in [9.17, 15) is 30.6 Å². The highest BCUT2D eigenvalue weighted by molar-refractivity contribution is 4.86. The second kappa shape index (κ2) is 22.9. The summed E-state index contributed by atoms with van der Waals surface area (Å²) >= 11 is 0. The Balaban J connectivity index is 3.87. The van der Waals surface area contributed by atoms with Crippen LogP contribution >= 0.6 is 0 Å². The lowest BCUT2D eigenvalue weighted by atomic mass is 9.81. The largest absolute Gasteiger partial charge is 0.396 e. The summed E-state index contributed by atoms with van der Waals surface area (Å²) in [6.45, 7) is -0.226. The third-order valence-electron chi connectivity index (χ3n) is 7.47. The molecular formula is C28H58O7. The first-order valence-electron chi connectivity index (χ1n) is 14.3. The number of hydrogen-bond acceptors (Lipinski definition) is 7. The Morgan fingerprint density at radius 1 is 0.514 bits per heavy atom. The first kappa shape index (κ1) is 34.7. The van der Waals surface area contributed by atoms with Crippen LogP contribution in [0, 0.1) is 10.8 Å². The second-order valence-electron chi connectivity index (χ2n) is 10.8. The van der Waals surface area contributed by atoms with Crippen LogP contribution in [0.1, 0.15) is 116 Å². The van der Waals surface area contributed by atoms with E-state index >= 15 is 0 Å². The minimum atomic E-state index is -1.21. The van der Waals surface area contributed by atoms with Gasteiger partial charge in [-0.2, -0.15) is 0 Å². The molecule has 6 N–H and O–H groups in total. The third kappa shape index (κ3) is 15.5. The van der Waals surface area contributed by atoms with Gasteiger partial charge in [-0.15, -0.1) is 0 Å². The number of unbranched alkanes of at least 4 members (excludes halogenated alkanes) is 15. The van der Waals surface area contributed by atoms with E-state index in [1.54, 1.807) is 0 Å². The van der Waals surface area contributed by atoms with E-state index in [2.05, 4.69) is 6.92 Å². The average molecular weight is 507 g/mol. The monoisotopic (exact) mass is 506 g/mol. The molecule has 1 unspecified atom stereocenters. The molecule has 0 aromatic rings. The summed E-state index contributed by atoms with van der Waals surface area (Å²) in [7, 11) is 0. The minimum absolute atomic E-state index is 0.123. The topological polar surface area (TPSA) is 131 Å². The Morgan fingerprint density at radius 3 is 1.23 bits per heavy atom. The van der Waals surface area contributed by atoms with Gasteiger partial charge in [-0.25, -0.2) is 0 Å². The van der Waals surface area contributed by atoms with Crippen LogP contribution in [0.5, 0.6) is 0 Å². The molecule has 0 spiro atoms. The Bertz CT molecular complexity index is 431. The van der Waals surface area contributed by atoms with Gasteiger partial charge in [-0.1, -0.05) is 110 Å². The molecule has 0 saturated carbocycles. The summed E-state index contributed by atoms with van der Waals surface area (Å²) in [6, 6.07) is 0. The number of rotatable bonds is 27. The van der Waals surface area contributed by atoms with Crippen molar-refractivity contribution in [3.63, 3.8) is 0 Å². The van der Waals surface area contributed by atoms with Gasteiger partial charge in [0.15, 0.2) is 0 Å². The maximum Gasteiger partial charge on any atom is 0.0662 e. The van der Waals surface area contributed by atoms with Crippen LogP contribution in [-0.4, -0.2) is 83.0 Å². The summed E-state index contributed by atoms with van der Waals surface area (Å²) in [6.07, 6.45) is 20.0. The van der Waals surface area contributed by atoms with Crippen molar-refractivity contribution in [2.75, 3.05) is 46.2 Å². The summed E-state index contributed by atoms with van der Waals surface area (Å²) < 4.78 is 5.51. The van der Waals surface area contributed by atoms with E-state index in [1.807, 2.05) is 0 Å². The van der Waals surface area contributed by atoms with Crippen LogP contribution in [0.2, 0.25) is 0 Å². The van der Waals surface area contributed by atoms with Gasteiger partial charge in [0, 0.05) is 0 Å². The van der Waals surface area contributed by atoms with Crippen molar-refractivity contribution >= 4 is 0 Å². The molecule has 0 bridgehead atoms. The number of hydrogen-bond donors (Lipinski definition) is 6. The maximum atomic E-state index is 10.6. The average Bonchev–Trinajstić information content (AvgIpc) is 2.89. The first-order chi connectivity index (χ1) is 17.0. The zero-order valence-electron chi connectivity index (χ0n) is 22.6. The van der Waals surface area contributed by atoms with Crippen LogP contribution in [0.15, 0.2) is 0 Å². The molecule has 7 heteroatoms. The van der Waals surface area contributed by atoms with Gasteiger partial charge in [0.05, 0.1) is 63.2 Å². The fraction of sp³-hybridized carbons (Fsp3) is 1.00. The second-order valence-corrected chi connectivity index (χ2v) is 10.8. The molecule has 0 rings (SSSR count).